The molecule has 1 aliphatic carbocycles. The number of methoxy groups -OCH3 is 1. The van der Waals surface area contributed by atoms with Gasteiger partial charge in [-0.15, -0.1) is 0 Å². The molecule has 0 spiro atoms. The van der Waals surface area contributed by atoms with Crippen LogP contribution < -0.4 is 4.74 Å². The summed E-state index contributed by atoms with van der Waals surface area (Å²) in [6.07, 6.45) is -0.897. The molecule has 1 aromatic rings. The van der Waals surface area contributed by atoms with Crippen molar-refractivity contribution in [3.05, 3.63) is 29.3 Å². The predicted molar refractivity (Wildman–Crippen MR) is 61.1 cm³/mol. The second-order valence-electron chi connectivity index (χ2n) is 4.50. The van der Waals surface area contributed by atoms with E-state index >= 15 is 0 Å². The Bertz CT molecular complexity index is 467. The Kier molecular flexibility index (Phi) is 3.24. The molecular weight excluding hydrogens is 242 g/mol. The van der Waals surface area contributed by atoms with Crippen LogP contribution in [-0.2, 0) is 10.2 Å². The van der Waals surface area contributed by atoms with Crippen molar-refractivity contribution in [1.82, 2.24) is 0 Å². The molecule has 0 radical (unpaired) electrons. The first kappa shape index (κ1) is 12.8. The average Bonchev–Trinajstić information content (AvgIpc) is 2.26. The number of aliphatic carboxylic acids is 1. The summed E-state index contributed by atoms with van der Waals surface area (Å²) < 4.78 is 30.5. The molecule has 0 atom stereocenters. The average molecular weight is 256 g/mol. The fourth-order valence-electron chi connectivity index (χ4n) is 2.36. The van der Waals surface area contributed by atoms with Crippen LogP contribution in [0.2, 0.25) is 0 Å². The fourth-order valence-corrected chi connectivity index (χ4v) is 2.36. The number of hydrogen-bond acceptors (Lipinski definition) is 2. The van der Waals surface area contributed by atoms with Crippen LogP contribution in [0.3, 0.4) is 0 Å². The molecule has 0 heterocycles. The maximum Gasteiger partial charge on any atom is 0.314 e. The summed E-state index contributed by atoms with van der Waals surface area (Å²) >= 11 is 0. The molecule has 2 rings (SSSR count). The number of carboxylic acid groups (broad SMARTS) is 1. The van der Waals surface area contributed by atoms with Crippen molar-refractivity contribution >= 4 is 5.97 Å². The fraction of sp³-hybridized carbons (Fsp3) is 0.462. The molecule has 0 unspecified atom stereocenters. The monoisotopic (exact) mass is 256 g/mol. The molecule has 0 amide bonds. The first-order chi connectivity index (χ1) is 8.51. The normalized spacial score (nSPS) is 17.3. The number of alkyl halides is 2. The van der Waals surface area contributed by atoms with Crippen molar-refractivity contribution in [1.29, 1.82) is 0 Å². The van der Waals surface area contributed by atoms with Gasteiger partial charge in [0, 0.05) is 11.1 Å². The van der Waals surface area contributed by atoms with Crippen molar-refractivity contribution in [2.75, 3.05) is 7.11 Å². The van der Waals surface area contributed by atoms with Crippen molar-refractivity contribution in [3.63, 3.8) is 0 Å². The van der Waals surface area contributed by atoms with Crippen LogP contribution in [0.15, 0.2) is 18.2 Å². The highest BCUT2D eigenvalue weighted by molar-refractivity contribution is 5.83. The van der Waals surface area contributed by atoms with Gasteiger partial charge in [-0.2, -0.15) is 0 Å². The van der Waals surface area contributed by atoms with E-state index in [2.05, 4.69) is 0 Å². The zero-order valence-electron chi connectivity index (χ0n) is 9.95. The minimum absolute atomic E-state index is 0.168. The van der Waals surface area contributed by atoms with Gasteiger partial charge in [-0.3, -0.25) is 4.79 Å². The SMILES string of the molecule is COc1ccc(C(F)F)cc1C1(C(=O)O)CCC1. The second kappa shape index (κ2) is 4.55. The highest BCUT2D eigenvalue weighted by atomic mass is 19.3. The predicted octanol–water partition coefficient (Wildman–Crippen LogP) is 3.14. The molecule has 1 aromatic carbocycles. The van der Waals surface area contributed by atoms with Gasteiger partial charge in [0.2, 0.25) is 0 Å². The van der Waals surface area contributed by atoms with E-state index in [9.17, 15) is 18.7 Å². The first-order valence-electron chi connectivity index (χ1n) is 5.71. The number of hydrogen-bond donors (Lipinski definition) is 1. The van der Waals surface area contributed by atoms with Gasteiger partial charge in [-0.25, -0.2) is 8.78 Å². The molecule has 0 bridgehead atoms. The number of carbonyl (C=O) groups is 1. The smallest absolute Gasteiger partial charge is 0.314 e. The molecule has 1 fully saturated rings. The lowest BCUT2D eigenvalue weighted by molar-refractivity contribution is -0.147. The van der Waals surface area contributed by atoms with Gasteiger partial charge in [0.1, 0.15) is 5.75 Å². The first-order valence-corrected chi connectivity index (χ1v) is 5.71. The molecule has 1 saturated carbocycles. The van der Waals surface area contributed by atoms with Crippen molar-refractivity contribution in [2.45, 2.75) is 31.1 Å². The summed E-state index contributed by atoms with van der Waals surface area (Å²) in [5.41, 5.74) is -0.865. The lowest BCUT2D eigenvalue weighted by Crippen LogP contribution is -2.42. The Morgan fingerprint density at radius 2 is 2.11 bits per heavy atom. The Labute approximate surface area is 103 Å². The summed E-state index contributed by atoms with van der Waals surface area (Å²) in [6.45, 7) is 0. The zero-order valence-corrected chi connectivity index (χ0v) is 9.95. The standard InChI is InChI=1S/C13H14F2O3/c1-18-10-4-3-8(11(14)15)7-9(10)13(12(16)17)5-2-6-13/h3-4,7,11H,2,5-6H2,1H3,(H,16,17). The van der Waals surface area contributed by atoms with E-state index in [-0.39, 0.29) is 5.56 Å². The van der Waals surface area contributed by atoms with Gasteiger partial charge in [-0.05, 0) is 31.0 Å². The van der Waals surface area contributed by atoms with Crippen molar-refractivity contribution in [2.24, 2.45) is 0 Å². The molecule has 0 aliphatic heterocycles. The van der Waals surface area contributed by atoms with E-state index in [1.54, 1.807) is 0 Å². The molecular formula is C13H14F2O3. The van der Waals surface area contributed by atoms with Crippen LogP contribution in [0.5, 0.6) is 5.75 Å². The summed E-state index contributed by atoms with van der Waals surface area (Å²) in [7, 11) is 1.41. The lowest BCUT2D eigenvalue weighted by Gasteiger charge is -2.39. The largest absolute Gasteiger partial charge is 0.496 e. The second-order valence-corrected chi connectivity index (χ2v) is 4.50. The van der Waals surface area contributed by atoms with Gasteiger partial charge in [0.05, 0.1) is 12.5 Å². The van der Waals surface area contributed by atoms with E-state index in [1.807, 2.05) is 0 Å². The summed E-state index contributed by atoms with van der Waals surface area (Å²) in [6, 6.07) is 3.94. The quantitative estimate of drug-likeness (QED) is 0.900. The summed E-state index contributed by atoms with van der Waals surface area (Å²) in [5, 5.41) is 9.34. The molecule has 5 heteroatoms. The Morgan fingerprint density at radius 3 is 2.50 bits per heavy atom. The molecule has 3 nitrogen and oxygen atoms in total. The molecule has 0 aromatic heterocycles. The molecule has 1 N–H and O–H groups in total. The summed E-state index contributed by atoms with van der Waals surface area (Å²) in [4.78, 5) is 11.4. The van der Waals surface area contributed by atoms with Crippen molar-refractivity contribution in [3.8, 4) is 5.75 Å². The van der Waals surface area contributed by atoms with Crippen LogP contribution >= 0.6 is 0 Å². The number of rotatable bonds is 4. The molecule has 98 valence electrons. The highest BCUT2D eigenvalue weighted by Crippen LogP contribution is 2.48. The third-order valence-electron chi connectivity index (χ3n) is 3.61. The third kappa shape index (κ3) is 1.83. The highest BCUT2D eigenvalue weighted by Gasteiger charge is 2.47. The van der Waals surface area contributed by atoms with E-state index in [0.29, 0.717) is 24.2 Å². The molecule has 0 saturated heterocycles. The van der Waals surface area contributed by atoms with Gasteiger partial charge in [0.15, 0.2) is 0 Å². The van der Waals surface area contributed by atoms with Crippen LogP contribution in [0.1, 0.15) is 36.8 Å². The molecule has 18 heavy (non-hydrogen) atoms. The number of carboxylic acids is 1. The number of halogens is 2. The lowest BCUT2D eigenvalue weighted by atomic mass is 9.64. The maximum absolute atomic E-state index is 12.7. The summed E-state index contributed by atoms with van der Waals surface area (Å²) in [5.74, 6) is -0.611. The van der Waals surface area contributed by atoms with Crippen LogP contribution in [0.25, 0.3) is 0 Å². The van der Waals surface area contributed by atoms with Crippen molar-refractivity contribution < 1.29 is 23.4 Å². The maximum atomic E-state index is 12.7. The number of ether oxygens (including phenoxy) is 1. The van der Waals surface area contributed by atoms with Crippen LogP contribution in [0.4, 0.5) is 8.78 Å². The van der Waals surface area contributed by atoms with Gasteiger partial charge in [0.25, 0.3) is 6.43 Å². The minimum Gasteiger partial charge on any atom is -0.496 e. The number of benzene rings is 1. The van der Waals surface area contributed by atoms with E-state index in [4.69, 9.17) is 4.74 Å². The van der Waals surface area contributed by atoms with Gasteiger partial charge in [-0.1, -0.05) is 6.42 Å². The minimum atomic E-state index is -2.61. The van der Waals surface area contributed by atoms with Gasteiger partial charge >= 0.3 is 5.97 Å². The Balaban J connectivity index is 2.53. The van der Waals surface area contributed by atoms with E-state index < -0.39 is 17.8 Å². The molecule has 1 aliphatic rings. The van der Waals surface area contributed by atoms with Crippen LogP contribution in [-0.4, -0.2) is 18.2 Å². The van der Waals surface area contributed by atoms with E-state index in [1.165, 1.54) is 25.3 Å². The van der Waals surface area contributed by atoms with E-state index in [0.717, 1.165) is 6.42 Å². The van der Waals surface area contributed by atoms with Gasteiger partial charge < -0.3 is 9.84 Å². The Hall–Kier alpha value is -1.65. The third-order valence-corrected chi connectivity index (χ3v) is 3.61. The topological polar surface area (TPSA) is 46.5 Å². The zero-order chi connectivity index (χ0) is 13.3. The van der Waals surface area contributed by atoms with Crippen LogP contribution in [0, 0.1) is 0 Å². The Morgan fingerprint density at radius 1 is 1.44 bits per heavy atom.